The first-order valence-electron chi connectivity index (χ1n) is 9.10. The lowest BCUT2D eigenvalue weighted by atomic mass is 9.81. The van der Waals surface area contributed by atoms with Gasteiger partial charge in [0, 0.05) is 0 Å². The maximum absolute atomic E-state index is 13.0. The van der Waals surface area contributed by atoms with Crippen molar-refractivity contribution >= 4 is 5.97 Å². The number of ether oxygens (including phenoxy) is 1. The minimum atomic E-state index is -0.708. The number of hydrogen-bond acceptors (Lipinski definition) is 3. The van der Waals surface area contributed by atoms with Crippen LogP contribution in [0.2, 0.25) is 0 Å². The zero-order chi connectivity index (χ0) is 16.7. The smallest absolute Gasteiger partial charge is 0.309 e. The lowest BCUT2D eigenvalue weighted by Gasteiger charge is -2.31. The molecule has 0 spiro atoms. The van der Waals surface area contributed by atoms with Crippen molar-refractivity contribution in [2.75, 3.05) is 0 Å². The van der Waals surface area contributed by atoms with Gasteiger partial charge in [0.2, 0.25) is 0 Å². The fourth-order valence-electron chi connectivity index (χ4n) is 3.97. The average molecular weight is 321 g/mol. The van der Waals surface area contributed by atoms with Gasteiger partial charge in [0.1, 0.15) is 12.2 Å². The summed E-state index contributed by atoms with van der Waals surface area (Å²) >= 11 is 0. The molecule has 0 saturated heterocycles. The normalized spacial score (nSPS) is 32.1. The Bertz CT molecular complexity index is 452. The Morgan fingerprint density at radius 1 is 1.17 bits per heavy atom. The first kappa shape index (κ1) is 18.0. The molecular formula is C19H28FNO2. The molecule has 0 amide bonds. The molecule has 2 saturated carbocycles. The summed E-state index contributed by atoms with van der Waals surface area (Å²) in [5, 5.41) is 8.47. The quantitative estimate of drug-likeness (QED) is 0.524. The Hall–Kier alpha value is -1.37. The average Bonchev–Trinajstić information content (AvgIpc) is 2.57. The Balaban J connectivity index is 1.71. The van der Waals surface area contributed by atoms with Crippen LogP contribution in [0.15, 0.2) is 11.9 Å². The summed E-state index contributed by atoms with van der Waals surface area (Å²) in [6.07, 6.45) is 11.4. The van der Waals surface area contributed by atoms with E-state index in [0.29, 0.717) is 0 Å². The molecule has 0 unspecified atom stereocenters. The second-order valence-electron chi connectivity index (χ2n) is 7.11. The van der Waals surface area contributed by atoms with E-state index >= 15 is 0 Å². The van der Waals surface area contributed by atoms with Crippen LogP contribution in [0.5, 0.6) is 0 Å². The van der Waals surface area contributed by atoms with Crippen molar-refractivity contribution in [2.24, 2.45) is 17.8 Å². The Morgan fingerprint density at radius 3 is 2.39 bits per heavy atom. The molecule has 0 bridgehead atoms. The van der Waals surface area contributed by atoms with Crippen LogP contribution >= 0.6 is 0 Å². The zero-order valence-corrected chi connectivity index (χ0v) is 14.1. The van der Waals surface area contributed by atoms with Crippen LogP contribution in [0, 0.1) is 29.1 Å². The predicted octanol–water partition coefficient (Wildman–Crippen LogP) is 5.07. The largest absolute Gasteiger partial charge is 0.462 e. The molecule has 23 heavy (non-hydrogen) atoms. The molecule has 0 heterocycles. The molecule has 0 atom stereocenters. The van der Waals surface area contributed by atoms with E-state index < -0.39 is 5.83 Å². The number of allylic oxidation sites excluding steroid dienone is 2. The van der Waals surface area contributed by atoms with Crippen molar-refractivity contribution in [3.8, 4) is 6.07 Å². The van der Waals surface area contributed by atoms with Gasteiger partial charge in [-0.15, -0.1) is 0 Å². The highest BCUT2D eigenvalue weighted by Crippen LogP contribution is 2.33. The van der Waals surface area contributed by atoms with Crippen molar-refractivity contribution in [1.29, 1.82) is 5.26 Å². The Morgan fingerprint density at radius 2 is 1.83 bits per heavy atom. The molecule has 2 aliphatic rings. The fraction of sp³-hybridized carbons (Fsp3) is 0.789. The van der Waals surface area contributed by atoms with Crippen LogP contribution in [0.3, 0.4) is 0 Å². The van der Waals surface area contributed by atoms with E-state index in [1.54, 1.807) is 0 Å². The SMILES string of the molecule is CCCC1CCC(OC(=O)C2CCC(/C=C(/F)C#N)CC2)CC1. The van der Waals surface area contributed by atoms with Crippen LogP contribution in [0.25, 0.3) is 0 Å². The summed E-state index contributed by atoms with van der Waals surface area (Å²) in [6, 6.07) is 1.52. The van der Waals surface area contributed by atoms with Gasteiger partial charge < -0.3 is 4.74 Å². The highest BCUT2D eigenvalue weighted by atomic mass is 19.1. The van der Waals surface area contributed by atoms with Crippen LogP contribution in [-0.4, -0.2) is 12.1 Å². The third-order valence-electron chi connectivity index (χ3n) is 5.37. The Labute approximate surface area is 138 Å². The molecule has 3 nitrogen and oxygen atoms in total. The van der Waals surface area contributed by atoms with Gasteiger partial charge in [0.25, 0.3) is 0 Å². The molecule has 2 rings (SSSR count). The van der Waals surface area contributed by atoms with Gasteiger partial charge in [-0.2, -0.15) is 9.65 Å². The van der Waals surface area contributed by atoms with Crippen molar-refractivity contribution < 1.29 is 13.9 Å². The van der Waals surface area contributed by atoms with E-state index in [4.69, 9.17) is 10.00 Å². The van der Waals surface area contributed by atoms with E-state index in [9.17, 15) is 9.18 Å². The van der Waals surface area contributed by atoms with Crippen LogP contribution in [0.4, 0.5) is 4.39 Å². The third-order valence-corrected chi connectivity index (χ3v) is 5.37. The second kappa shape index (κ2) is 9.05. The van der Waals surface area contributed by atoms with E-state index in [1.165, 1.54) is 37.8 Å². The minimum Gasteiger partial charge on any atom is -0.462 e. The molecule has 0 aromatic rings. The summed E-state index contributed by atoms with van der Waals surface area (Å²) < 4.78 is 18.7. The summed E-state index contributed by atoms with van der Waals surface area (Å²) in [6.45, 7) is 2.22. The highest BCUT2D eigenvalue weighted by molar-refractivity contribution is 5.72. The number of esters is 1. The number of carbonyl (C=O) groups is 1. The predicted molar refractivity (Wildman–Crippen MR) is 87.0 cm³/mol. The molecule has 2 fully saturated rings. The lowest BCUT2D eigenvalue weighted by Crippen LogP contribution is -2.30. The second-order valence-corrected chi connectivity index (χ2v) is 7.11. The molecule has 0 aromatic heterocycles. The van der Waals surface area contributed by atoms with Gasteiger partial charge in [0.05, 0.1) is 5.92 Å². The van der Waals surface area contributed by atoms with Gasteiger partial charge in [-0.1, -0.05) is 19.8 Å². The molecular weight excluding hydrogens is 293 g/mol. The molecule has 0 aromatic carbocycles. The molecule has 0 aliphatic heterocycles. The van der Waals surface area contributed by atoms with Crippen molar-refractivity contribution in [3.63, 3.8) is 0 Å². The molecule has 4 heteroatoms. The van der Waals surface area contributed by atoms with Gasteiger partial charge in [-0.3, -0.25) is 4.79 Å². The van der Waals surface area contributed by atoms with Crippen molar-refractivity contribution in [2.45, 2.75) is 77.2 Å². The number of nitrogens with zero attached hydrogens (tertiary/aromatic N) is 1. The van der Waals surface area contributed by atoms with E-state index in [0.717, 1.165) is 44.4 Å². The Kier molecular flexibility index (Phi) is 7.08. The van der Waals surface area contributed by atoms with Crippen LogP contribution in [-0.2, 0) is 9.53 Å². The third kappa shape index (κ3) is 5.64. The topological polar surface area (TPSA) is 50.1 Å². The molecule has 0 N–H and O–H groups in total. The maximum Gasteiger partial charge on any atom is 0.309 e. The van der Waals surface area contributed by atoms with E-state index in [1.807, 2.05) is 0 Å². The zero-order valence-electron chi connectivity index (χ0n) is 14.1. The van der Waals surface area contributed by atoms with Gasteiger partial charge in [-0.25, -0.2) is 0 Å². The molecule has 2 aliphatic carbocycles. The number of nitriles is 1. The van der Waals surface area contributed by atoms with E-state index in [-0.39, 0.29) is 23.9 Å². The summed E-state index contributed by atoms with van der Waals surface area (Å²) in [4.78, 5) is 12.3. The summed E-state index contributed by atoms with van der Waals surface area (Å²) in [5.74, 6) is 0.0838. The monoisotopic (exact) mass is 321 g/mol. The first-order valence-corrected chi connectivity index (χ1v) is 9.10. The fourth-order valence-corrected chi connectivity index (χ4v) is 3.97. The minimum absolute atomic E-state index is 0.0434. The summed E-state index contributed by atoms with van der Waals surface area (Å²) in [7, 11) is 0. The summed E-state index contributed by atoms with van der Waals surface area (Å²) in [5.41, 5.74) is 0. The lowest BCUT2D eigenvalue weighted by molar-refractivity contribution is -0.157. The molecule has 128 valence electrons. The van der Waals surface area contributed by atoms with Crippen LogP contribution in [0.1, 0.15) is 71.1 Å². The molecule has 0 radical (unpaired) electrons. The van der Waals surface area contributed by atoms with Gasteiger partial charge in [-0.05, 0) is 69.3 Å². The number of hydrogen-bond donors (Lipinski definition) is 0. The number of rotatable bonds is 5. The standard InChI is InChI=1S/C19H28FNO2/c1-2-3-14-6-10-18(11-7-14)23-19(22)16-8-4-15(5-9-16)12-17(20)13-21/h12,14-16,18H,2-11H2,1H3/b17-12+. The first-order chi connectivity index (χ1) is 11.1. The number of carbonyl (C=O) groups excluding carboxylic acids is 1. The van der Waals surface area contributed by atoms with Crippen molar-refractivity contribution in [1.82, 2.24) is 0 Å². The van der Waals surface area contributed by atoms with Crippen LogP contribution < -0.4 is 0 Å². The highest BCUT2D eigenvalue weighted by Gasteiger charge is 2.30. The number of halogens is 1. The van der Waals surface area contributed by atoms with E-state index in [2.05, 4.69) is 6.92 Å². The van der Waals surface area contributed by atoms with Gasteiger partial charge >= 0.3 is 5.97 Å². The van der Waals surface area contributed by atoms with Crippen molar-refractivity contribution in [3.05, 3.63) is 11.9 Å². The van der Waals surface area contributed by atoms with Gasteiger partial charge in [0.15, 0.2) is 5.83 Å². The maximum atomic E-state index is 13.0.